The van der Waals surface area contributed by atoms with Crippen LogP contribution in [-0.4, -0.2) is 54.9 Å². The fraction of sp³-hybridized carbons (Fsp3) is 0.556. The number of hydrogen-bond acceptors (Lipinski definition) is 5. The summed E-state index contributed by atoms with van der Waals surface area (Å²) in [5, 5.41) is 5.29. The molecule has 34 heavy (non-hydrogen) atoms. The number of nitrogens with zero attached hydrogens (tertiary/aromatic N) is 2. The molecule has 184 valence electrons. The van der Waals surface area contributed by atoms with E-state index in [2.05, 4.69) is 21.7 Å². The van der Waals surface area contributed by atoms with E-state index >= 15 is 0 Å². The second-order valence-corrected chi connectivity index (χ2v) is 10.9. The van der Waals surface area contributed by atoms with Crippen LogP contribution in [0.1, 0.15) is 56.0 Å². The molecule has 0 aliphatic carbocycles. The fourth-order valence-corrected chi connectivity index (χ4v) is 5.90. The van der Waals surface area contributed by atoms with Crippen LogP contribution in [0.15, 0.2) is 41.8 Å². The standard InChI is InChI=1S/C27H37N3O3S/c1-20(2)25(31)28-23(24-5-4-18-34-24)10-14-29-15-11-27(12-16-29)13-17-30(26(27)32)19-21-6-8-22(33-3)9-7-21/h4-9,18,20,23H,10-17,19H2,1-3H3,(H,28,31). The number of likely N-dealkylation sites (tertiary alicyclic amines) is 2. The van der Waals surface area contributed by atoms with Crippen LogP contribution in [-0.2, 0) is 16.1 Å². The summed E-state index contributed by atoms with van der Waals surface area (Å²) in [5.41, 5.74) is 0.953. The van der Waals surface area contributed by atoms with E-state index in [1.165, 1.54) is 4.88 Å². The molecule has 0 bridgehead atoms. The second-order valence-electron chi connectivity index (χ2n) is 9.97. The number of piperidine rings is 1. The zero-order chi connectivity index (χ0) is 24.1. The number of amides is 2. The van der Waals surface area contributed by atoms with Crippen molar-refractivity contribution in [2.45, 2.75) is 52.1 Å². The molecule has 2 fully saturated rings. The molecule has 1 aromatic heterocycles. The maximum atomic E-state index is 13.4. The van der Waals surface area contributed by atoms with Gasteiger partial charge in [-0.1, -0.05) is 32.0 Å². The van der Waals surface area contributed by atoms with Crippen LogP contribution in [0, 0.1) is 11.3 Å². The highest BCUT2D eigenvalue weighted by Gasteiger charge is 2.47. The Morgan fingerprint density at radius 1 is 1.12 bits per heavy atom. The minimum atomic E-state index is -0.192. The summed E-state index contributed by atoms with van der Waals surface area (Å²) >= 11 is 1.70. The number of rotatable bonds is 9. The third-order valence-corrected chi connectivity index (χ3v) is 8.39. The number of methoxy groups -OCH3 is 1. The molecule has 1 N–H and O–H groups in total. The second kappa shape index (κ2) is 10.9. The van der Waals surface area contributed by atoms with Gasteiger partial charge in [-0.25, -0.2) is 0 Å². The minimum absolute atomic E-state index is 0.0217. The van der Waals surface area contributed by atoms with E-state index in [0.717, 1.165) is 63.2 Å². The van der Waals surface area contributed by atoms with E-state index in [-0.39, 0.29) is 23.3 Å². The van der Waals surface area contributed by atoms with Crippen LogP contribution in [0.25, 0.3) is 0 Å². The van der Waals surface area contributed by atoms with Crippen molar-refractivity contribution in [1.82, 2.24) is 15.1 Å². The van der Waals surface area contributed by atoms with Crippen molar-refractivity contribution in [3.8, 4) is 5.75 Å². The predicted molar refractivity (Wildman–Crippen MR) is 136 cm³/mol. The van der Waals surface area contributed by atoms with Crippen LogP contribution in [0.3, 0.4) is 0 Å². The van der Waals surface area contributed by atoms with E-state index in [1.54, 1.807) is 18.4 Å². The summed E-state index contributed by atoms with van der Waals surface area (Å²) in [4.78, 5) is 31.4. The Morgan fingerprint density at radius 3 is 2.44 bits per heavy atom. The van der Waals surface area contributed by atoms with Gasteiger partial charge in [0.1, 0.15) is 5.75 Å². The van der Waals surface area contributed by atoms with Crippen molar-refractivity contribution >= 4 is 23.2 Å². The lowest BCUT2D eigenvalue weighted by molar-refractivity contribution is -0.139. The first kappa shape index (κ1) is 24.7. The van der Waals surface area contributed by atoms with Crippen LogP contribution in [0.5, 0.6) is 5.75 Å². The number of carbonyl (C=O) groups excluding carboxylic acids is 2. The van der Waals surface area contributed by atoms with E-state index in [9.17, 15) is 9.59 Å². The summed E-state index contributed by atoms with van der Waals surface area (Å²) in [6, 6.07) is 12.2. The average molecular weight is 484 g/mol. The highest BCUT2D eigenvalue weighted by atomic mass is 32.1. The lowest BCUT2D eigenvalue weighted by Crippen LogP contribution is -2.45. The maximum Gasteiger partial charge on any atom is 0.229 e. The van der Waals surface area contributed by atoms with Gasteiger partial charge in [-0.05, 0) is 67.9 Å². The normalized spacial score (nSPS) is 19.1. The summed E-state index contributed by atoms with van der Waals surface area (Å²) in [5.74, 6) is 1.24. The predicted octanol–water partition coefficient (Wildman–Crippen LogP) is 4.47. The van der Waals surface area contributed by atoms with Crippen LogP contribution >= 0.6 is 11.3 Å². The topological polar surface area (TPSA) is 61.9 Å². The third-order valence-electron chi connectivity index (χ3n) is 7.41. The van der Waals surface area contributed by atoms with Crippen LogP contribution < -0.4 is 10.1 Å². The van der Waals surface area contributed by atoms with Crippen LogP contribution in [0.2, 0.25) is 0 Å². The lowest BCUT2D eigenvalue weighted by atomic mass is 9.77. The molecule has 2 aromatic rings. The molecule has 1 aromatic carbocycles. The van der Waals surface area contributed by atoms with Gasteiger partial charge in [0, 0.05) is 30.4 Å². The number of thiophene rings is 1. The molecule has 2 saturated heterocycles. The van der Waals surface area contributed by atoms with Gasteiger partial charge in [-0.2, -0.15) is 0 Å². The van der Waals surface area contributed by atoms with Gasteiger partial charge in [-0.3, -0.25) is 9.59 Å². The molecule has 2 aliphatic rings. The smallest absolute Gasteiger partial charge is 0.229 e. The van der Waals surface area contributed by atoms with Crippen LogP contribution in [0.4, 0.5) is 0 Å². The van der Waals surface area contributed by atoms with Gasteiger partial charge in [0.2, 0.25) is 11.8 Å². The molecule has 0 radical (unpaired) electrons. The van der Waals surface area contributed by atoms with E-state index < -0.39 is 0 Å². The molecule has 2 amide bonds. The number of ether oxygens (including phenoxy) is 1. The monoisotopic (exact) mass is 483 g/mol. The molecular weight excluding hydrogens is 446 g/mol. The molecule has 2 aliphatic heterocycles. The molecule has 6 nitrogen and oxygen atoms in total. The van der Waals surface area contributed by atoms with Crippen molar-refractivity contribution < 1.29 is 14.3 Å². The molecular formula is C27H37N3O3S. The number of carbonyl (C=O) groups is 2. The third kappa shape index (κ3) is 5.63. The Bertz CT molecular complexity index is 950. The minimum Gasteiger partial charge on any atom is -0.497 e. The Morgan fingerprint density at radius 2 is 1.82 bits per heavy atom. The Labute approximate surface area is 207 Å². The molecule has 1 spiro atoms. The Balaban J connectivity index is 1.29. The molecule has 0 saturated carbocycles. The number of nitrogens with one attached hydrogen (secondary N) is 1. The lowest BCUT2D eigenvalue weighted by Gasteiger charge is -2.38. The van der Waals surface area contributed by atoms with Gasteiger partial charge in [-0.15, -0.1) is 11.3 Å². The summed E-state index contributed by atoms with van der Waals surface area (Å²) in [7, 11) is 1.67. The number of hydrogen-bond donors (Lipinski definition) is 1. The molecule has 1 atom stereocenters. The molecule has 4 rings (SSSR count). The van der Waals surface area contributed by atoms with Crippen molar-refractivity contribution in [3.05, 3.63) is 52.2 Å². The van der Waals surface area contributed by atoms with Crippen molar-refractivity contribution in [3.63, 3.8) is 0 Å². The van der Waals surface area contributed by atoms with E-state index in [4.69, 9.17) is 4.74 Å². The van der Waals surface area contributed by atoms with Crippen molar-refractivity contribution in [2.24, 2.45) is 11.3 Å². The number of benzene rings is 1. The SMILES string of the molecule is COc1ccc(CN2CCC3(CCN(CCC(NC(=O)C(C)C)c4cccs4)CC3)C2=O)cc1. The van der Waals surface area contributed by atoms with Gasteiger partial charge < -0.3 is 19.9 Å². The Hall–Kier alpha value is -2.38. The summed E-state index contributed by atoms with van der Waals surface area (Å²) in [6.07, 6.45) is 3.70. The molecule has 3 heterocycles. The zero-order valence-electron chi connectivity index (χ0n) is 20.6. The summed E-state index contributed by atoms with van der Waals surface area (Å²) < 4.78 is 5.24. The Kier molecular flexibility index (Phi) is 7.94. The van der Waals surface area contributed by atoms with Crippen molar-refractivity contribution in [2.75, 3.05) is 33.3 Å². The van der Waals surface area contributed by atoms with E-state index in [1.807, 2.05) is 49.1 Å². The first-order valence-electron chi connectivity index (χ1n) is 12.4. The zero-order valence-corrected chi connectivity index (χ0v) is 21.4. The maximum absolute atomic E-state index is 13.4. The largest absolute Gasteiger partial charge is 0.497 e. The van der Waals surface area contributed by atoms with Gasteiger partial charge in [0.15, 0.2) is 0 Å². The van der Waals surface area contributed by atoms with Crippen molar-refractivity contribution in [1.29, 1.82) is 0 Å². The van der Waals surface area contributed by atoms with E-state index in [0.29, 0.717) is 12.5 Å². The summed E-state index contributed by atoms with van der Waals surface area (Å²) in [6.45, 7) is 8.19. The average Bonchev–Trinajstić information content (AvgIpc) is 3.48. The quantitative estimate of drug-likeness (QED) is 0.572. The highest BCUT2D eigenvalue weighted by molar-refractivity contribution is 7.10. The fourth-order valence-electron chi connectivity index (χ4n) is 5.09. The van der Waals surface area contributed by atoms with Gasteiger partial charge >= 0.3 is 0 Å². The molecule has 1 unspecified atom stereocenters. The first-order chi connectivity index (χ1) is 16.4. The van der Waals surface area contributed by atoms with Gasteiger partial charge in [0.05, 0.1) is 18.6 Å². The molecule has 7 heteroatoms. The van der Waals surface area contributed by atoms with Gasteiger partial charge in [0.25, 0.3) is 0 Å². The first-order valence-corrected chi connectivity index (χ1v) is 13.3. The highest BCUT2D eigenvalue weighted by Crippen LogP contribution is 2.42.